The largest absolute Gasteiger partial charge is 0.508 e. The molecule has 0 saturated carbocycles. The summed E-state index contributed by atoms with van der Waals surface area (Å²) in [5.74, 6) is -1.64. The van der Waals surface area contributed by atoms with Gasteiger partial charge in [-0.3, -0.25) is 0 Å². The first-order chi connectivity index (χ1) is 11.4. The van der Waals surface area contributed by atoms with Crippen LogP contribution in [-0.4, -0.2) is 5.11 Å². The molecule has 24 heavy (non-hydrogen) atoms. The van der Waals surface area contributed by atoms with Gasteiger partial charge in [-0.05, 0) is 73.0 Å². The summed E-state index contributed by atoms with van der Waals surface area (Å²) >= 11 is 0. The highest BCUT2D eigenvalue weighted by Crippen LogP contribution is 2.34. The number of nitrogens with one attached hydrogen (secondary N) is 1. The van der Waals surface area contributed by atoms with Crippen molar-refractivity contribution in [1.29, 1.82) is 0 Å². The highest BCUT2D eigenvalue weighted by molar-refractivity contribution is 5.72. The molecule has 1 unspecified atom stereocenters. The first-order valence-electron chi connectivity index (χ1n) is 7.66. The Labute approximate surface area is 141 Å². The molecular formula is C20H21F2NO. The minimum absolute atomic E-state index is 0.148. The standard InChI is InChI=1S/C20H21F2NO/c1-5-7-18(23-6-2)16-10-14(11-17(21)20(16)22)19-12(3)8-15(24)9-13(19)4/h5-6,8-11,18,23-24H,1-2,7H2,3-4H3. The smallest absolute Gasteiger partial charge is 0.164 e. The quantitative estimate of drug-likeness (QED) is 0.704. The molecule has 2 rings (SSSR count). The van der Waals surface area contributed by atoms with E-state index in [1.54, 1.807) is 24.3 Å². The first-order valence-corrected chi connectivity index (χ1v) is 7.66. The van der Waals surface area contributed by atoms with Gasteiger partial charge >= 0.3 is 0 Å². The van der Waals surface area contributed by atoms with Crippen molar-refractivity contribution in [2.75, 3.05) is 0 Å². The zero-order valence-corrected chi connectivity index (χ0v) is 13.9. The van der Waals surface area contributed by atoms with Gasteiger partial charge in [0.2, 0.25) is 0 Å². The molecule has 0 spiro atoms. The van der Waals surface area contributed by atoms with E-state index in [1.807, 2.05) is 13.8 Å². The highest BCUT2D eigenvalue weighted by atomic mass is 19.2. The summed E-state index contributed by atoms with van der Waals surface area (Å²) in [6.45, 7) is 10.9. The third-order valence-electron chi connectivity index (χ3n) is 3.96. The lowest BCUT2D eigenvalue weighted by Gasteiger charge is -2.19. The summed E-state index contributed by atoms with van der Waals surface area (Å²) in [5.41, 5.74) is 3.15. The maximum absolute atomic E-state index is 14.3. The van der Waals surface area contributed by atoms with Crippen LogP contribution in [0.5, 0.6) is 5.75 Å². The molecule has 0 heterocycles. The van der Waals surface area contributed by atoms with E-state index in [2.05, 4.69) is 18.5 Å². The van der Waals surface area contributed by atoms with Crippen molar-refractivity contribution in [2.45, 2.75) is 26.3 Å². The fourth-order valence-electron chi connectivity index (χ4n) is 3.00. The van der Waals surface area contributed by atoms with Crippen molar-refractivity contribution in [1.82, 2.24) is 5.32 Å². The lowest BCUT2D eigenvalue weighted by atomic mass is 9.92. The van der Waals surface area contributed by atoms with Crippen LogP contribution in [-0.2, 0) is 0 Å². The minimum atomic E-state index is -0.908. The Hall–Kier alpha value is -2.62. The summed E-state index contributed by atoms with van der Waals surface area (Å²) < 4.78 is 28.5. The number of aromatic hydroxyl groups is 1. The Kier molecular flexibility index (Phi) is 5.39. The number of rotatable bonds is 6. The number of benzene rings is 2. The highest BCUT2D eigenvalue weighted by Gasteiger charge is 2.20. The van der Waals surface area contributed by atoms with Crippen LogP contribution >= 0.6 is 0 Å². The minimum Gasteiger partial charge on any atom is -0.508 e. The van der Waals surface area contributed by atoms with E-state index < -0.39 is 17.7 Å². The molecule has 2 nitrogen and oxygen atoms in total. The van der Waals surface area contributed by atoms with Crippen LogP contribution in [0.4, 0.5) is 8.78 Å². The monoisotopic (exact) mass is 329 g/mol. The third-order valence-corrected chi connectivity index (χ3v) is 3.96. The van der Waals surface area contributed by atoms with Crippen molar-refractivity contribution in [3.8, 4) is 16.9 Å². The molecule has 126 valence electrons. The Morgan fingerprint density at radius 1 is 1.12 bits per heavy atom. The predicted octanol–water partition coefficient (Wildman–Crippen LogP) is 5.30. The molecule has 0 aliphatic heterocycles. The van der Waals surface area contributed by atoms with Crippen molar-refractivity contribution in [3.05, 3.63) is 78.0 Å². The average Bonchev–Trinajstić information content (AvgIpc) is 2.49. The average molecular weight is 329 g/mol. The number of phenolic OH excluding ortho intramolecular Hbond substituents is 1. The summed E-state index contributed by atoms with van der Waals surface area (Å²) in [4.78, 5) is 0. The molecular weight excluding hydrogens is 308 g/mol. The Balaban J connectivity index is 2.66. The number of halogens is 2. The molecule has 0 aliphatic rings. The van der Waals surface area contributed by atoms with Crippen molar-refractivity contribution >= 4 is 0 Å². The van der Waals surface area contributed by atoms with Gasteiger partial charge in [0.15, 0.2) is 11.6 Å². The molecule has 2 aromatic rings. The molecule has 2 N–H and O–H groups in total. The maximum atomic E-state index is 14.3. The normalized spacial score (nSPS) is 11.8. The topological polar surface area (TPSA) is 32.3 Å². The molecule has 0 aromatic heterocycles. The summed E-state index contributed by atoms with van der Waals surface area (Å²) in [6, 6.07) is 5.57. The van der Waals surface area contributed by atoms with Gasteiger partial charge in [0.25, 0.3) is 0 Å². The van der Waals surface area contributed by atoms with Gasteiger partial charge in [0.05, 0.1) is 6.04 Å². The fourth-order valence-corrected chi connectivity index (χ4v) is 3.00. The van der Waals surface area contributed by atoms with E-state index in [1.165, 1.54) is 12.3 Å². The van der Waals surface area contributed by atoms with Gasteiger partial charge in [-0.1, -0.05) is 12.7 Å². The van der Waals surface area contributed by atoms with E-state index >= 15 is 0 Å². The second-order valence-electron chi connectivity index (χ2n) is 5.76. The Morgan fingerprint density at radius 3 is 2.29 bits per heavy atom. The van der Waals surface area contributed by atoms with Gasteiger partial charge in [0, 0.05) is 5.56 Å². The molecule has 0 aliphatic carbocycles. The second kappa shape index (κ2) is 7.30. The van der Waals surface area contributed by atoms with Crippen LogP contribution in [0.15, 0.2) is 49.7 Å². The zero-order chi connectivity index (χ0) is 17.9. The van der Waals surface area contributed by atoms with Gasteiger partial charge in [-0.15, -0.1) is 6.58 Å². The lowest BCUT2D eigenvalue weighted by Crippen LogP contribution is -2.16. The number of hydrogen-bond acceptors (Lipinski definition) is 2. The van der Waals surface area contributed by atoms with Crippen molar-refractivity contribution < 1.29 is 13.9 Å². The van der Waals surface area contributed by atoms with Gasteiger partial charge in [0.1, 0.15) is 5.75 Å². The number of phenols is 1. The van der Waals surface area contributed by atoms with Crippen molar-refractivity contribution in [2.24, 2.45) is 0 Å². The summed E-state index contributed by atoms with van der Waals surface area (Å²) in [5, 5.41) is 12.6. The molecule has 0 saturated heterocycles. The fraction of sp³-hybridized carbons (Fsp3) is 0.200. The molecule has 0 amide bonds. The summed E-state index contributed by atoms with van der Waals surface area (Å²) in [7, 11) is 0. The lowest BCUT2D eigenvalue weighted by molar-refractivity contribution is 0.474. The van der Waals surface area contributed by atoms with Gasteiger partial charge < -0.3 is 10.4 Å². The molecule has 1 atom stereocenters. The molecule has 4 heteroatoms. The van der Waals surface area contributed by atoms with Crippen LogP contribution < -0.4 is 5.32 Å². The van der Waals surface area contributed by atoms with E-state index in [9.17, 15) is 13.9 Å². The first kappa shape index (κ1) is 17.7. The molecule has 2 aromatic carbocycles. The maximum Gasteiger partial charge on any atom is 0.164 e. The number of hydrogen-bond donors (Lipinski definition) is 2. The van der Waals surface area contributed by atoms with Crippen LogP contribution in [0.3, 0.4) is 0 Å². The predicted molar refractivity (Wildman–Crippen MR) is 93.8 cm³/mol. The van der Waals surface area contributed by atoms with E-state index in [-0.39, 0.29) is 11.3 Å². The summed E-state index contributed by atoms with van der Waals surface area (Å²) in [6.07, 6.45) is 3.52. The van der Waals surface area contributed by atoms with Gasteiger partial charge in [-0.25, -0.2) is 8.78 Å². The molecule has 0 bridgehead atoms. The van der Waals surface area contributed by atoms with Crippen LogP contribution in [0.1, 0.15) is 29.2 Å². The molecule has 0 fully saturated rings. The number of aryl methyl sites for hydroxylation is 2. The Morgan fingerprint density at radius 2 is 1.75 bits per heavy atom. The SMILES string of the molecule is C=CCC(NC=C)c1cc(-c2c(C)cc(O)cc2C)cc(F)c1F. The molecule has 0 radical (unpaired) electrons. The zero-order valence-electron chi connectivity index (χ0n) is 13.9. The second-order valence-corrected chi connectivity index (χ2v) is 5.76. The van der Waals surface area contributed by atoms with Gasteiger partial charge in [-0.2, -0.15) is 0 Å². The van der Waals surface area contributed by atoms with E-state index in [0.29, 0.717) is 12.0 Å². The third kappa shape index (κ3) is 3.48. The Bertz CT molecular complexity index is 750. The van der Waals surface area contributed by atoms with Crippen LogP contribution in [0.25, 0.3) is 11.1 Å². The van der Waals surface area contributed by atoms with Crippen LogP contribution in [0, 0.1) is 25.5 Å². The van der Waals surface area contributed by atoms with E-state index in [4.69, 9.17) is 0 Å². The van der Waals surface area contributed by atoms with E-state index in [0.717, 1.165) is 16.7 Å². The van der Waals surface area contributed by atoms with Crippen molar-refractivity contribution in [3.63, 3.8) is 0 Å². The van der Waals surface area contributed by atoms with Crippen LogP contribution in [0.2, 0.25) is 0 Å².